The highest BCUT2D eigenvalue weighted by atomic mass is 16.4. The molecule has 5 heteroatoms. The molecule has 1 unspecified atom stereocenters. The topological polar surface area (TPSA) is 69.6 Å². The van der Waals surface area contributed by atoms with Crippen LogP contribution in [-0.2, 0) is 9.59 Å². The van der Waals surface area contributed by atoms with E-state index >= 15 is 0 Å². The fraction of sp³-hybridized carbons (Fsp3) is 0.857. The van der Waals surface area contributed by atoms with Gasteiger partial charge >= 0.3 is 5.97 Å². The molecule has 0 radical (unpaired) electrons. The van der Waals surface area contributed by atoms with Crippen molar-refractivity contribution in [3.8, 4) is 0 Å². The van der Waals surface area contributed by atoms with Crippen LogP contribution in [0, 0.1) is 17.3 Å². The normalized spacial score (nSPS) is 24.9. The maximum absolute atomic E-state index is 12.2. The summed E-state index contributed by atoms with van der Waals surface area (Å²) in [4.78, 5) is 25.4. The monoisotopic (exact) mass is 268 g/mol. The molecular weight excluding hydrogens is 244 g/mol. The van der Waals surface area contributed by atoms with Gasteiger partial charge in [0.25, 0.3) is 0 Å². The summed E-state index contributed by atoms with van der Waals surface area (Å²) in [6, 6.07) is 0. The van der Waals surface area contributed by atoms with Gasteiger partial charge in [-0.15, -0.1) is 0 Å². The van der Waals surface area contributed by atoms with Crippen molar-refractivity contribution >= 4 is 11.9 Å². The van der Waals surface area contributed by atoms with Crippen LogP contribution in [0.25, 0.3) is 0 Å². The highest BCUT2D eigenvalue weighted by Crippen LogP contribution is 2.34. The summed E-state index contributed by atoms with van der Waals surface area (Å²) in [6.07, 6.45) is 2.41. The minimum Gasteiger partial charge on any atom is -0.481 e. The van der Waals surface area contributed by atoms with Crippen LogP contribution in [0.4, 0.5) is 0 Å². The van der Waals surface area contributed by atoms with E-state index < -0.39 is 11.4 Å². The van der Waals surface area contributed by atoms with Crippen LogP contribution in [0.15, 0.2) is 0 Å². The Kier molecular flexibility index (Phi) is 4.13. The number of carboxylic acids is 1. The molecule has 0 aromatic heterocycles. The Morgan fingerprint density at radius 1 is 1.37 bits per heavy atom. The molecule has 5 nitrogen and oxygen atoms in total. The predicted octanol–water partition coefficient (Wildman–Crippen LogP) is 0.945. The van der Waals surface area contributed by atoms with Gasteiger partial charge in [-0.2, -0.15) is 0 Å². The van der Waals surface area contributed by atoms with Gasteiger partial charge in [0.1, 0.15) is 0 Å². The molecule has 0 aliphatic carbocycles. The summed E-state index contributed by atoms with van der Waals surface area (Å²) >= 11 is 0. The number of nitrogens with zero attached hydrogens (tertiary/aromatic N) is 1. The number of amides is 1. The van der Waals surface area contributed by atoms with E-state index in [1.54, 1.807) is 13.8 Å². The van der Waals surface area contributed by atoms with E-state index in [1.165, 1.54) is 0 Å². The van der Waals surface area contributed by atoms with Crippen molar-refractivity contribution < 1.29 is 14.7 Å². The van der Waals surface area contributed by atoms with Gasteiger partial charge < -0.3 is 15.3 Å². The summed E-state index contributed by atoms with van der Waals surface area (Å²) in [5.74, 6) is -0.0463. The van der Waals surface area contributed by atoms with E-state index in [0.717, 1.165) is 32.5 Å². The molecular formula is C14H24N2O3. The van der Waals surface area contributed by atoms with E-state index in [1.807, 2.05) is 4.90 Å². The van der Waals surface area contributed by atoms with Crippen LogP contribution in [0.1, 0.15) is 33.1 Å². The van der Waals surface area contributed by atoms with Crippen LogP contribution in [0.3, 0.4) is 0 Å². The van der Waals surface area contributed by atoms with Crippen LogP contribution in [-0.4, -0.2) is 48.1 Å². The predicted molar refractivity (Wildman–Crippen MR) is 71.7 cm³/mol. The largest absolute Gasteiger partial charge is 0.481 e. The van der Waals surface area contributed by atoms with Crippen molar-refractivity contribution in [2.75, 3.05) is 26.2 Å². The van der Waals surface area contributed by atoms with E-state index in [9.17, 15) is 14.7 Å². The Morgan fingerprint density at radius 3 is 2.58 bits per heavy atom. The number of aliphatic carboxylic acids is 1. The average molecular weight is 268 g/mol. The fourth-order valence-electron chi connectivity index (χ4n) is 2.84. The zero-order valence-corrected chi connectivity index (χ0v) is 11.8. The minimum atomic E-state index is -0.769. The summed E-state index contributed by atoms with van der Waals surface area (Å²) in [5.41, 5.74) is -0.753. The molecule has 0 spiro atoms. The quantitative estimate of drug-likeness (QED) is 0.796. The average Bonchev–Trinajstić information content (AvgIpc) is 2.33. The third-order valence-corrected chi connectivity index (χ3v) is 4.68. The smallest absolute Gasteiger partial charge is 0.309 e. The SMILES string of the molecule is CC(C)(C(=O)O)C1CCCN(C(=O)CC2CNC2)C1. The van der Waals surface area contributed by atoms with Gasteiger partial charge in [-0.05, 0) is 51.6 Å². The van der Waals surface area contributed by atoms with Gasteiger partial charge in [-0.3, -0.25) is 9.59 Å². The lowest BCUT2D eigenvalue weighted by Gasteiger charge is -2.40. The second-order valence-electron chi connectivity index (χ2n) is 6.43. The first-order valence-corrected chi connectivity index (χ1v) is 7.13. The number of carbonyl (C=O) groups excluding carboxylic acids is 1. The highest BCUT2D eigenvalue weighted by Gasteiger charge is 2.40. The molecule has 108 valence electrons. The van der Waals surface area contributed by atoms with E-state index in [-0.39, 0.29) is 11.8 Å². The van der Waals surface area contributed by atoms with Crippen LogP contribution in [0.5, 0.6) is 0 Å². The zero-order chi connectivity index (χ0) is 14.0. The molecule has 2 fully saturated rings. The number of hydrogen-bond donors (Lipinski definition) is 2. The number of piperidine rings is 1. The third-order valence-electron chi connectivity index (χ3n) is 4.68. The van der Waals surface area contributed by atoms with Crippen LogP contribution >= 0.6 is 0 Å². The number of nitrogens with one attached hydrogen (secondary N) is 1. The number of carbonyl (C=O) groups is 2. The van der Waals surface area contributed by atoms with Crippen molar-refractivity contribution in [2.45, 2.75) is 33.1 Å². The molecule has 2 N–H and O–H groups in total. The van der Waals surface area contributed by atoms with Gasteiger partial charge in [0.15, 0.2) is 0 Å². The first-order chi connectivity index (χ1) is 8.91. The summed E-state index contributed by atoms with van der Waals surface area (Å²) in [7, 11) is 0. The number of carboxylic acid groups (broad SMARTS) is 1. The maximum Gasteiger partial charge on any atom is 0.309 e. The molecule has 2 heterocycles. The van der Waals surface area contributed by atoms with Crippen molar-refractivity contribution in [1.29, 1.82) is 0 Å². The number of likely N-dealkylation sites (tertiary alicyclic amines) is 1. The molecule has 0 aromatic rings. The van der Waals surface area contributed by atoms with Crippen molar-refractivity contribution in [3.05, 3.63) is 0 Å². The fourth-order valence-corrected chi connectivity index (χ4v) is 2.84. The molecule has 2 aliphatic heterocycles. The van der Waals surface area contributed by atoms with E-state index in [4.69, 9.17) is 0 Å². The highest BCUT2D eigenvalue weighted by molar-refractivity contribution is 5.77. The Labute approximate surface area is 114 Å². The molecule has 19 heavy (non-hydrogen) atoms. The first-order valence-electron chi connectivity index (χ1n) is 7.13. The summed E-state index contributed by atoms with van der Waals surface area (Å²) in [5, 5.41) is 12.5. The standard InChI is InChI=1S/C14H24N2O3/c1-14(2,13(18)19)11-4-3-5-16(9-11)12(17)6-10-7-15-8-10/h10-11,15H,3-9H2,1-2H3,(H,18,19). The molecule has 1 atom stereocenters. The Hall–Kier alpha value is -1.10. The lowest BCUT2D eigenvalue weighted by atomic mass is 9.74. The number of rotatable bonds is 4. The molecule has 0 bridgehead atoms. The van der Waals surface area contributed by atoms with Crippen molar-refractivity contribution in [1.82, 2.24) is 10.2 Å². The molecule has 0 saturated carbocycles. The second kappa shape index (κ2) is 5.49. The van der Waals surface area contributed by atoms with E-state index in [2.05, 4.69) is 5.32 Å². The van der Waals surface area contributed by atoms with Crippen LogP contribution < -0.4 is 5.32 Å². The van der Waals surface area contributed by atoms with Crippen molar-refractivity contribution in [3.63, 3.8) is 0 Å². The third kappa shape index (κ3) is 3.08. The molecule has 2 aliphatic rings. The maximum atomic E-state index is 12.2. The van der Waals surface area contributed by atoms with Gasteiger partial charge in [0.2, 0.25) is 5.91 Å². The molecule has 1 amide bonds. The minimum absolute atomic E-state index is 0.0576. The van der Waals surface area contributed by atoms with Gasteiger partial charge in [0.05, 0.1) is 5.41 Å². The summed E-state index contributed by atoms with van der Waals surface area (Å²) < 4.78 is 0. The van der Waals surface area contributed by atoms with Gasteiger partial charge in [-0.1, -0.05) is 0 Å². The zero-order valence-electron chi connectivity index (χ0n) is 11.8. The van der Waals surface area contributed by atoms with Gasteiger partial charge in [0, 0.05) is 19.5 Å². The number of hydrogen-bond acceptors (Lipinski definition) is 3. The summed E-state index contributed by atoms with van der Waals surface area (Å²) in [6.45, 7) is 6.78. The molecule has 0 aromatic carbocycles. The Balaban J connectivity index is 1.92. The first kappa shape index (κ1) is 14.3. The Morgan fingerprint density at radius 2 is 2.05 bits per heavy atom. The van der Waals surface area contributed by atoms with Crippen molar-refractivity contribution in [2.24, 2.45) is 17.3 Å². The molecule has 2 saturated heterocycles. The van der Waals surface area contributed by atoms with Crippen LogP contribution in [0.2, 0.25) is 0 Å². The Bertz CT molecular complexity index is 364. The van der Waals surface area contributed by atoms with Gasteiger partial charge in [-0.25, -0.2) is 0 Å². The second-order valence-corrected chi connectivity index (χ2v) is 6.43. The van der Waals surface area contributed by atoms with E-state index in [0.29, 0.717) is 18.9 Å². The molecule has 2 rings (SSSR count). The lowest BCUT2D eigenvalue weighted by molar-refractivity contribution is -0.153. The lowest BCUT2D eigenvalue weighted by Crippen LogP contribution is -2.49.